The van der Waals surface area contributed by atoms with E-state index in [1.54, 1.807) is 7.11 Å². The van der Waals surface area contributed by atoms with E-state index in [-0.39, 0.29) is 0 Å². The Balaban J connectivity index is 2.29. The lowest BCUT2D eigenvalue weighted by Gasteiger charge is -2.13. The van der Waals surface area contributed by atoms with Crippen LogP contribution in [0.2, 0.25) is 0 Å². The largest absolute Gasteiger partial charge is 0.496 e. The molecule has 0 unspecified atom stereocenters. The van der Waals surface area contributed by atoms with Crippen molar-refractivity contribution in [3.63, 3.8) is 0 Å². The van der Waals surface area contributed by atoms with Gasteiger partial charge in [0.25, 0.3) is 0 Å². The smallest absolute Gasteiger partial charge is 0.132 e. The first-order valence-electron chi connectivity index (χ1n) is 4.92. The minimum absolute atomic E-state index is 0.963. The van der Waals surface area contributed by atoms with Crippen molar-refractivity contribution >= 4 is 39.9 Å². The van der Waals surface area contributed by atoms with Crippen molar-refractivity contribution in [3.8, 4) is 5.75 Å². The van der Waals surface area contributed by atoms with Crippen molar-refractivity contribution in [2.45, 2.75) is 6.42 Å². The Hall–Kier alpha value is -0.160. The van der Waals surface area contributed by atoms with Crippen molar-refractivity contribution in [2.75, 3.05) is 18.6 Å². The zero-order chi connectivity index (χ0) is 10.7. The van der Waals surface area contributed by atoms with E-state index in [0.29, 0.717) is 0 Å². The molecule has 2 rings (SSSR count). The van der Waals surface area contributed by atoms with Crippen LogP contribution in [0.3, 0.4) is 0 Å². The minimum atomic E-state index is 0.963. The van der Waals surface area contributed by atoms with Gasteiger partial charge in [-0.15, -0.1) is 0 Å². The van der Waals surface area contributed by atoms with Crippen LogP contribution in [0.4, 0.5) is 0 Å². The van der Waals surface area contributed by atoms with Crippen molar-refractivity contribution in [2.24, 2.45) is 0 Å². The molecule has 0 spiro atoms. The second-order valence-electron chi connectivity index (χ2n) is 3.40. The van der Waals surface area contributed by atoms with Crippen LogP contribution in [-0.2, 0) is 0 Å². The number of thioether (sulfide) groups is 1. The molecule has 0 amide bonds. The van der Waals surface area contributed by atoms with E-state index in [1.165, 1.54) is 26.9 Å². The summed E-state index contributed by atoms with van der Waals surface area (Å²) >= 11 is 4.33. The molecule has 1 aliphatic rings. The zero-order valence-electron chi connectivity index (χ0n) is 8.63. The predicted molar refractivity (Wildman–Crippen MR) is 75.6 cm³/mol. The fourth-order valence-corrected chi connectivity index (χ4v) is 3.24. The monoisotopic (exact) mass is 332 g/mol. The van der Waals surface area contributed by atoms with Gasteiger partial charge in [0.2, 0.25) is 0 Å². The predicted octanol–water partition coefficient (Wildman–Crippen LogP) is 3.82. The number of halogens is 1. The van der Waals surface area contributed by atoms with Crippen LogP contribution in [0.15, 0.2) is 24.3 Å². The maximum absolute atomic E-state index is 5.26. The van der Waals surface area contributed by atoms with Gasteiger partial charge in [0.1, 0.15) is 5.75 Å². The number of hydrogen-bond acceptors (Lipinski definition) is 2. The van der Waals surface area contributed by atoms with Crippen LogP contribution in [0, 0.1) is 3.57 Å². The molecule has 1 aromatic rings. The summed E-state index contributed by atoms with van der Waals surface area (Å²) < 4.78 is 6.44. The standard InChI is InChI=1S/C12H13IOS/c1-14-12-3-2-10(8-11(12)13)9-4-6-15-7-5-9/h2-4,8H,5-7H2,1H3. The van der Waals surface area contributed by atoms with Gasteiger partial charge in [-0.25, -0.2) is 0 Å². The third kappa shape index (κ3) is 2.69. The van der Waals surface area contributed by atoms with Gasteiger partial charge in [-0.3, -0.25) is 0 Å². The van der Waals surface area contributed by atoms with Gasteiger partial charge in [-0.2, -0.15) is 11.8 Å². The van der Waals surface area contributed by atoms with E-state index >= 15 is 0 Å². The molecule has 0 bridgehead atoms. The van der Waals surface area contributed by atoms with Gasteiger partial charge >= 0.3 is 0 Å². The summed E-state index contributed by atoms with van der Waals surface area (Å²) in [5, 5.41) is 0. The second kappa shape index (κ2) is 5.25. The van der Waals surface area contributed by atoms with E-state index in [2.05, 4.69) is 46.9 Å². The van der Waals surface area contributed by atoms with Gasteiger partial charge in [0, 0.05) is 5.75 Å². The summed E-state index contributed by atoms with van der Waals surface area (Å²) in [6.07, 6.45) is 3.53. The van der Waals surface area contributed by atoms with Crippen molar-refractivity contribution < 1.29 is 4.74 Å². The van der Waals surface area contributed by atoms with Crippen molar-refractivity contribution in [1.82, 2.24) is 0 Å². The molecule has 1 nitrogen and oxygen atoms in total. The van der Waals surface area contributed by atoms with Gasteiger partial charge in [0.15, 0.2) is 0 Å². The normalized spacial score (nSPS) is 16.0. The number of hydrogen-bond donors (Lipinski definition) is 0. The minimum Gasteiger partial charge on any atom is -0.496 e. The van der Waals surface area contributed by atoms with Crippen molar-refractivity contribution in [1.29, 1.82) is 0 Å². The molecule has 80 valence electrons. The summed E-state index contributed by atoms with van der Waals surface area (Å²) in [6, 6.07) is 6.42. The molecule has 0 saturated heterocycles. The Bertz CT molecular complexity index is 387. The van der Waals surface area contributed by atoms with Crippen LogP contribution >= 0.6 is 34.4 Å². The lowest BCUT2D eigenvalue weighted by Crippen LogP contribution is -1.96. The highest BCUT2D eigenvalue weighted by atomic mass is 127. The van der Waals surface area contributed by atoms with Gasteiger partial charge in [-0.1, -0.05) is 12.1 Å². The molecule has 3 heteroatoms. The van der Waals surface area contributed by atoms with Gasteiger partial charge in [0.05, 0.1) is 10.7 Å². The molecular weight excluding hydrogens is 319 g/mol. The Morgan fingerprint density at radius 3 is 2.87 bits per heavy atom. The molecule has 0 atom stereocenters. The summed E-state index contributed by atoms with van der Waals surface area (Å²) in [5.41, 5.74) is 2.83. The molecule has 1 aromatic carbocycles. The molecule has 0 aliphatic carbocycles. The van der Waals surface area contributed by atoms with Crippen molar-refractivity contribution in [3.05, 3.63) is 33.4 Å². The Labute approximate surface area is 108 Å². The molecule has 0 N–H and O–H groups in total. The Morgan fingerprint density at radius 2 is 2.27 bits per heavy atom. The van der Waals surface area contributed by atoms with E-state index in [1.807, 2.05) is 11.8 Å². The second-order valence-corrected chi connectivity index (χ2v) is 5.72. The van der Waals surface area contributed by atoms with E-state index in [0.717, 1.165) is 11.5 Å². The van der Waals surface area contributed by atoms with Crippen LogP contribution in [0.25, 0.3) is 5.57 Å². The Kier molecular flexibility index (Phi) is 3.97. The Morgan fingerprint density at radius 1 is 1.40 bits per heavy atom. The lowest BCUT2D eigenvalue weighted by atomic mass is 10.0. The quantitative estimate of drug-likeness (QED) is 0.762. The number of ether oxygens (including phenoxy) is 1. The molecule has 0 aromatic heterocycles. The van der Waals surface area contributed by atoms with Crippen LogP contribution in [0.5, 0.6) is 5.75 Å². The lowest BCUT2D eigenvalue weighted by molar-refractivity contribution is 0.412. The molecule has 1 aliphatic heterocycles. The summed E-state index contributed by atoms with van der Waals surface area (Å²) in [5.74, 6) is 3.36. The highest BCUT2D eigenvalue weighted by molar-refractivity contribution is 14.1. The highest BCUT2D eigenvalue weighted by Crippen LogP contribution is 2.29. The fourth-order valence-electron chi connectivity index (χ4n) is 1.66. The molecule has 15 heavy (non-hydrogen) atoms. The van der Waals surface area contributed by atoms with Gasteiger partial charge in [-0.05, 0) is 58.0 Å². The summed E-state index contributed by atoms with van der Waals surface area (Å²) in [4.78, 5) is 0. The number of allylic oxidation sites excluding steroid dienone is 1. The van der Waals surface area contributed by atoms with E-state index in [4.69, 9.17) is 4.74 Å². The molecular formula is C12H13IOS. The SMILES string of the molecule is COc1ccc(C2=CCSCC2)cc1I. The fraction of sp³-hybridized carbons (Fsp3) is 0.333. The molecule has 0 fully saturated rings. The topological polar surface area (TPSA) is 9.23 Å². The first-order chi connectivity index (χ1) is 7.31. The van der Waals surface area contributed by atoms with Gasteiger partial charge < -0.3 is 4.74 Å². The highest BCUT2D eigenvalue weighted by Gasteiger charge is 2.08. The van der Waals surface area contributed by atoms with Crippen LogP contribution in [0.1, 0.15) is 12.0 Å². The average molecular weight is 332 g/mol. The summed E-state index contributed by atoms with van der Waals surface area (Å²) in [7, 11) is 1.72. The average Bonchev–Trinajstić information content (AvgIpc) is 2.30. The number of benzene rings is 1. The van der Waals surface area contributed by atoms with E-state index < -0.39 is 0 Å². The maximum atomic E-state index is 5.26. The summed E-state index contributed by atoms with van der Waals surface area (Å²) in [6.45, 7) is 0. The third-order valence-electron chi connectivity index (χ3n) is 2.49. The zero-order valence-corrected chi connectivity index (χ0v) is 11.6. The molecule has 0 radical (unpaired) electrons. The maximum Gasteiger partial charge on any atom is 0.132 e. The first-order valence-corrected chi connectivity index (χ1v) is 7.15. The third-order valence-corrected chi connectivity index (χ3v) is 4.22. The number of methoxy groups -OCH3 is 1. The number of rotatable bonds is 2. The first kappa shape index (κ1) is 11.3. The van der Waals surface area contributed by atoms with Crippen LogP contribution in [-0.4, -0.2) is 18.6 Å². The molecule has 0 saturated carbocycles. The van der Waals surface area contributed by atoms with Crippen LogP contribution < -0.4 is 4.74 Å². The molecule has 1 heterocycles. The van der Waals surface area contributed by atoms with E-state index in [9.17, 15) is 0 Å².